The van der Waals surface area contributed by atoms with Crippen LogP contribution in [0.1, 0.15) is 29.5 Å². The van der Waals surface area contributed by atoms with E-state index in [1.807, 2.05) is 43.3 Å². The Bertz CT molecular complexity index is 738. The van der Waals surface area contributed by atoms with E-state index >= 15 is 0 Å². The van der Waals surface area contributed by atoms with Gasteiger partial charge in [0.25, 0.3) is 5.91 Å². The molecular weight excluding hydrogens is 288 g/mol. The second-order valence-corrected chi connectivity index (χ2v) is 5.71. The Morgan fingerprint density at radius 2 is 2.04 bits per heavy atom. The summed E-state index contributed by atoms with van der Waals surface area (Å²) < 4.78 is 5.48. The first-order valence-electron chi connectivity index (χ1n) is 7.85. The van der Waals surface area contributed by atoms with Crippen LogP contribution in [0.3, 0.4) is 0 Å². The lowest BCUT2D eigenvalue weighted by atomic mass is 9.90. The van der Waals surface area contributed by atoms with Crippen LogP contribution in [0.25, 0.3) is 0 Å². The lowest BCUT2D eigenvalue weighted by Crippen LogP contribution is -2.27. The van der Waals surface area contributed by atoms with Gasteiger partial charge in [0.2, 0.25) is 0 Å². The third kappa shape index (κ3) is 3.97. The first-order chi connectivity index (χ1) is 11.2. The van der Waals surface area contributed by atoms with E-state index in [0.717, 1.165) is 36.1 Å². The van der Waals surface area contributed by atoms with E-state index in [0.29, 0.717) is 5.75 Å². The highest BCUT2D eigenvalue weighted by atomic mass is 16.5. The highest BCUT2D eigenvalue weighted by molar-refractivity contribution is 6.03. The molecule has 23 heavy (non-hydrogen) atoms. The van der Waals surface area contributed by atoms with Crippen molar-refractivity contribution in [2.24, 2.45) is 5.10 Å². The zero-order chi connectivity index (χ0) is 16.1. The molecule has 0 aromatic heterocycles. The fourth-order valence-electron chi connectivity index (χ4n) is 2.73. The molecule has 4 nitrogen and oxygen atoms in total. The van der Waals surface area contributed by atoms with Crippen LogP contribution in [0.2, 0.25) is 0 Å². The van der Waals surface area contributed by atoms with Crippen LogP contribution < -0.4 is 10.2 Å². The van der Waals surface area contributed by atoms with Gasteiger partial charge in [0.15, 0.2) is 6.61 Å². The molecule has 2 aromatic rings. The molecule has 0 unspecified atom stereocenters. The van der Waals surface area contributed by atoms with Crippen molar-refractivity contribution < 1.29 is 9.53 Å². The Labute approximate surface area is 136 Å². The van der Waals surface area contributed by atoms with Crippen LogP contribution >= 0.6 is 0 Å². The first-order valence-corrected chi connectivity index (χ1v) is 7.85. The Morgan fingerprint density at radius 3 is 2.91 bits per heavy atom. The minimum absolute atomic E-state index is 0.0398. The molecule has 4 heteroatoms. The van der Waals surface area contributed by atoms with Gasteiger partial charge < -0.3 is 4.74 Å². The summed E-state index contributed by atoms with van der Waals surface area (Å²) in [4.78, 5) is 11.9. The quantitative estimate of drug-likeness (QED) is 0.882. The van der Waals surface area contributed by atoms with Crippen LogP contribution in [0, 0.1) is 6.92 Å². The van der Waals surface area contributed by atoms with Crippen molar-refractivity contribution in [2.45, 2.75) is 26.2 Å². The molecule has 0 fully saturated rings. The van der Waals surface area contributed by atoms with Gasteiger partial charge in [-0.05, 0) is 49.4 Å². The van der Waals surface area contributed by atoms with Crippen molar-refractivity contribution in [1.82, 2.24) is 5.43 Å². The SMILES string of the molecule is Cc1cccc(OCC(=O)NN=C2CCCc3ccccc32)c1. The highest BCUT2D eigenvalue weighted by Gasteiger charge is 2.15. The van der Waals surface area contributed by atoms with E-state index in [4.69, 9.17) is 4.74 Å². The van der Waals surface area contributed by atoms with Crippen LogP contribution in [0.5, 0.6) is 5.75 Å². The molecule has 2 aromatic carbocycles. The molecule has 0 radical (unpaired) electrons. The monoisotopic (exact) mass is 308 g/mol. The molecule has 1 aliphatic rings. The predicted octanol–water partition coefficient (Wildman–Crippen LogP) is 3.23. The minimum Gasteiger partial charge on any atom is -0.484 e. The number of hydrazone groups is 1. The highest BCUT2D eigenvalue weighted by Crippen LogP contribution is 2.21. The van der Waals surface area contributed by atoms with E-state index in [9.17, 15) is 4.79 Å². The standard InChI is InChI=1S/C19H20N2O2/c1-14-6-4-9-16(12-14)23-13-19(22)21-20-18-11-5-8-15-7-2-3-10-17(15)18/h2-4,6-7,9-10,12H,5,8,11,13H2,1H3,(H,21,22). The molecule has 1 aliphatic carbocycles. The smallest absolute Gasteiger partial charge is 0.277 e. The zero-order valence-corrected chi connectivity index (χ0v) is 13.2. The van der Waals surface area contributed by atoms with Crippen molar-refractivity contribution in [1.29, 1.82) is 0 Å². The van der Waals surface area contributed by atoms with Gasteiger partial charge in [-0.25, -0.2) is 5.43 Å². The summed E-state index contributed by atoms with van der Waals surface area (Å²) in [5.74, 6) is 0.442. The number of hydrogen-bond donors (Lipinski definition) is 1. The average Bonchev–Trinajstić information content (AvgIpc) is 2.58. The number of carbonyl (C=O) groups excluding carboxylic acids is 1. The molecule has 0 heterocycles. The molecule has 0 saturated heterocycles. The molecule has 1 amide bonds. The third-order valence-corrected chi connectivity index (χ3v) is 3.86. The summed E-state index contributed by atoms with van der Waals surface area (Å²) >= 11 is 0. The summed E-state index contributed by atoms with van der Waals surface area (Å²) in [5.41, 5.74) is 7.07. The lowest BCUT2D eigenvalue weighted by molar-refractivity contribution is -0.123. The topological polar surface area (TPSA) is 50.7 Å². The summed E-state index contributed by atoms with van der Waals surface area (Å²) in [6.45, 7) is 1.95. The van der Waals surface area contributed by atoms with E-state index in [2.05, 4.69) is 22.7 Å². The number of benzene rings is 2. The predicted molar refractivity (Wildman–Crippen MR) is 90.7 cm³/mol. The molecule has 0 atom stereocenters. The largest absolute Gasteiger partial charge is 0.484 e. The van der Waals surface area contributed by atoms with Crippen LogP contribution in [0.4, 0.5) is 0 Å². The number of ether oxygens (including phenoxy) is 1. The third-order valence-electron chi connectivity index (χ3n) is 3.86. The molecule has 0 saturated carbocycles. The second kappa shape index (κ2) is 7.09. The van der Waals surface area contributed by atoms with Crippen LogP contribution in [-0.4, -0.2) is 18.2 Å². The molecule has 118 valence electrons. The number of fused-ring (bicyclic) bond motifs is 1. The maximum atomic E-state index is 11.9. The van der Waals surface area contributed by atoms with E-state index in [1.165, 1.54) is 5.56 Å². The van der Waals surface area contributed by atoms with Gasteiger partial charge in [-0.3, -0.25) is 4.79 Å². The first kappa shape index (κ1) is 15.3. The van der Waals surface area contributed by atoms with Gasteiger partial charge in [-0.2, -0.15) is 5.10 Å². The number of nitrogens with zero attached hydrogens (tertiary/aromatic N) is 1. The molecule has 3 rings (SSSR count). The Balaban J connectivity index is 1.59. The van der Waals surface area contributed by atoms with Gasteiger partial charge in [0, 0.05) is 5.56 Å². The second-order valence-electron chi connectivity index (χ2n) is 5.71. The van der Waals surface area contributed by atoms with Gasteiger partial charge in [0.1, 0.15) is 5.75 Å². The van der Waals surface area contributed by atoms with Crippen molar-refractivity contribution in [3.05, 3.63) is 65.2 Å². The van der Waals surface area contributed by atoms with Crippen LogP contribution in [-0.2, 0) is 11.2 Å². The minimum atomic E-state index is -0.248. The number of carbonyl (C=O) groups is 1. The van der Waals surface area contributed by atoms with E-state index < -0.39 is 0 Å². The fourth-order valence-corrected chi connectivity index (χ4v) is 2.73. The average molecular weight is 308 g/mol. The maximum Gasteiger partial charge on any atom is 0.277 e. The molecular formula is C19H20N2O2. The normalized spacial score (nSPS) is 15.1. The fraction of sp³-hybridized carbons (Fsp3) is 0.263. The van der Waals surface area contributed by atoms with Crippen molar-refractivity contribution >= 4 is 11.6 Å². The van der Waals surface area contributed by atoms with Crippen molar-refractivity contribution in [3.63, 3.8) is 0 Å². The molecule has 0 aliphatic heterocycles. The summed E-state index contributed by atoms with van der Waals surface area (Å²) in [6, 6.07) is 15.8. The lowest BCUT2D eigenvalue weighted by Gasteiger charge is -2.17. The summed E-state index contributed by atoms with van der Waals surface area (Å²) in [6.07, 6.45) is 3.02. The number of hydrogen-bond acceptors (Lipinski definition) is 3. The van der Waals surface area contributed by atoms with Crippen molar-refractivity contribution in [3.8, 4) is 5.75 Å². The molecule has 1 N–H and O–H groups in total. The van der Waals surface area contributed by atoms with Gasteiger partial charge in [0.05, 0.1) is 5.71 Å². The number of aryl methyl sites for hydroxylation is 2. The number of rotatable bonds is 4. The van der Waals surface area contributed by atoms with Gasteiger partial charge >= 0.3 is 0 Å². The Morgan fingerprint density at radius 1 is 1.17 bits per heavy atom. The van der Waals surface area contributed by atoms with Crippen molar-refractivity contribution in [2.75, 3.05) is 6.61 Å². The van der Waals surface area contributed by atoms with Gasteiger partial charge in [-0.15, -0.1) is 0 Å². The Hall–Kier alpha value is -2.62. The molecule has 0 spiro atoms. The van der Waals surface area contributed by atoms with Crippen LogP contribution in [0.15, 0.2) is 53.6 Å². The zero-order valence-electron chi connectivity index (χ0n) is 13.2. The van der Waals surface area contributed by atoms with Gasteiger partial charge in [-0.1, -0.05) is 36.4 Å². The van der Waals surface area contributed by atoms with E-state index in [1.54, 1.807) is 0 Å². The number of nitrogens with one attached hydrogen (secondary N) is 1. The number of amides is 1. The van der Waals surface area contributed by atoms with E-state index in [-0.39, 0.29) is 12.5 Å². The maximum absolute atomic E-state index is 11.9. The molecule has 0 bridgehead atoms. The Kier molecular flexibility index (Phi) is 4.71. The summed E-state index contributed by atoms with van der Waals surface area (Å²) in [5, 5.41) is 4.29. The summed E-state index contributed by atoms with van der Waals surface area (Å²) in [7, 11) is 0.